The minimum absolute atomic E-state index is 0.169. The van der Waals surface area contributed by atoms with Gasteiger partial charge in [0.1, 0.15) is 0 Å². The van der Waals surface area contributed by atoms with E-state index in [2.05, 4.69) is 45.0 Å². The van der Waals surface area contributed by atoms with Crippen molar-refractivity contribution in [2.75, 3.05) is 0 Å². The van der Waals surface area contributed by atoms with Gasteiger partial charge in [0, 0.05) is 15.6 Å². The van der Waals surface area contributed by atoms with Gasteiger partial charge in [-0.15, -0.1) is 11.6 Å². The molecular weight excluding hydrogens is 323 g/mol. The van der Waals surface area contributed by atoms with E-state index < -0.39 is 0 Å². The Balaban J connectivity index is 2.35. The lowest BCUT2D eigenvalue weighted by molar-refractivity contribution is 0.506. The molecule has 1 unspecified atom stereocenters. The molecule has 2 aromatic carbocycles. The number of rotatable bonds is 4. The van der Waals surface area contributed by atoms with Gasteiger partial charge in [-0.2, -0.15) is 0 Å². The van der Waals surface area contributed by atoms with Crippen molar-refractivity contribution in [2.24, 2.45) is 0 Å². The summed E-state index contributed by atoms with van der Waals surface area (Å²) < 4.78 is 0. The average molecular weight is 342 g/mol. The van der Waals surface area contributed by atoms with Crippen molar-refractivity contribution >= 4 is 34.8 Å². The third-order valence-electron chi connectivity index (χ3n) is 4.12. The molecule has 112 valence electrons. The average Bonchev–Trinajstić information content (AvgIpc) is 2.47. The van der Waals surface area contributed by atoms with E-state index in [0.717, 1.165) is 17.5 Å². The van der Waals surface area contributed by atoms with Crippen LogP contribution in [-0.4, -0.2) is 0 Å². The number of hydrogen-bond donors (Lipinski definition) is 0. The van der Waals surface area contributed by atoms with Gasteiger partial charge in [-0.05, 0) is 35.1 Å². The van der Waals surface area contributed by atoms with Gasteiger partial charge in [0.25, 0.3) is 0 Å². The van der Waals surface area contributed by atoms with E-state index in [1.165, 1.54) is 5.56 Å². The molecule has 0 saturated carbocycles. The first-order valence-electron chi connectivity index (χ1n) is 7.05. The van der Waals surface area contributed by atoms with Crippen LogP contribution in [0.2, 0.25) is 10.0 Å². The van der Waals surface area contributed by atoms with Gasteiger partial charge in [-0.1, -0.05) is 74.3 Å². The monoisotopic (exact) mass is 340 g/mol. The van der Waals surface area contributed by atoms with E-state index in [0.29, 0.717) is 10.0 Å². The van der Waals surface area contributed by atoms with Crippen LogP contribution in [0.4, 0.5) is 0 Å². The zero-order chi connectivity index (χ0) is 15.6. The van der Waals surface area contributed by atoms with Gasteiger partial charge in [0.2, 0.25) is 0 Å². The molecule has 0 saturated heterocycles. The zero-order valence-corrected chi connectivity index (χ0v) is 14.7. The van der Waals surface area contributed by atoms with Crippen LogP contribution in [0.15, 0.2) is 42.5 Å². The number of benzene rings is 2. The largest absolute Gasteiger partial charge is 0.112 e. The van der Waals surface area contributed by atoms with Gasteiger partial charge < -0.3 is 0 Å². The summed E-state index contributed by atoms with van der Waals surface area (Å²) in [5, 5.41) is 0.853. The Kier molecular flexibility index (Phi) is 5.24. The number of hydrogen-bond acceptors (Lipinski definition) is 0. The highest BCUT2D eigenvalue weighted by Crippen LogP contribution is 2.39. The van der Waals surface area contributed by atoms with Gasteiger partial charge in [0.15, 0.2) is 0 Å². The fourth-order valence-electron chi connectivity index (χ4n) is 2.23. The van der Waals surface area contributed by atoms with Crippen LogP contribution >= 0.6 is 34.8 Å². The number of halogens is 3. The van der Waals surface area contributed by atoms with Crippen molar-refractivity contribution in [2.45, 2.75) is 38.0 Å². The molecule has 0 nitrogen and oxygen atoms in total. The smallest absolute Gasteiger partial charge is 0.0864 e. The highest BCUT2D eigenvalue weighted by Gasteiger charge is 2.20. The molecular formula is C18H19Cl3. The van der Waals surface area contributed by atoms with Crippen LogP contribution < -0.4 is 0 Å². The van der Waals surface area contributed by atoms with Crippen LogP contribution in [0.1, 0.15) is 49.3 Å². The highest BCUT2D eigenvalue weighted by molar-refractivity contribution is 6.38. The normalized spacial score (nSPS) is 13.2. The standard InChI is InChI=1S/C18H19Cl3/c1-4-18(2,3)13-10-8-12(9-11-13)17(21)16-14(19)6-5-7-15(16)20/h5-11,17H,4H2,1-3H3. The summed E-state index contributed by atoms with van der Waals surface area (Å²) in [4.78, 5) is 0. The predicted octanol–water partition coefficient (Wildman–Crippen LogP) is 7.01. The highest BCUT2D eigenvalue weighted by atomic mass is 35.5. The third-order valence-corrected chi connectivity index (χ3v) is 5.25. The summed E-state index contributed by atoms with van der Waals surface area (Å²) in [5.41, 5.74) is 3.25. The minimum Gasteiger partial charge on any atom is -0.112 e. The summed E-state index contributed by atoms with van der Waals surface area (Å²) in [6, 6.07) is 13.8. The van der Waals surface area contributed by atoms with Crippen LogP contribution in [0.3, 0.4) is 0 Å². The summed E-state index contributed by atoms with van der Waals surface area (Å²) in [5.74, 6) is 0. The maximum atomic E-state index is 6.57. The van der Waals surface area contributed by atoms with E-state index in [1.54, 1.807) is 0 Å². The topological polar surface area (TPSA) is 0 Å². The molecule has 0 heterocycles. The van der Waals surface area contributed by atoms with Crippen molar-refractivity contribution < 1.29 is 0 Å². The molecule has 0 spiro atoms. The van der Waals surface area contributed by atoms with Gasteiger partial charge in [-0.25, -0.2) is 0 Å². The van der Waals surface area contributed by atoms with Gasteiger partial charge in [0.05, 0.1) is 5.38 Å². The first-order valence-corrected chi connectivity index (χ1v) is 8.24. The predicted molar refractivity (Wildman–Crippen MR) is 93.9 cm³/mol. The van der Waals surface area contributed by atoms with Gasteiger partial charge >= 0.3 is 0 Å². The molecule has 0 radical (unpaired) electrons. The summed E-state index contributed by atoms with van der Waals surface area (Å²) >= 11 is 19.0. The first-order chi connectivity index (χ1) is 9.86. The third kappa shape index (κ3) is 3.56. The maximum absolute atomic E-state index is 6.57. The Hall–Kier alpha value is -0.690. The fraction of sp³-hybridized carbons (Fsp3) is 0.333. The molecule has 1 atom stereocenters. The quantitative estimate of drug-likeness (QED) is 0.525. The fourth-order valence-corrected chi connectivity index (χ4v) is 3.33. The van der Waals surface area contributed by atoms with Crippen molar-refractivity contribution in [1.82, 2.24) is 0 Å². The molecule has 2 rings (SSSR count). The van der Waals surface area contributed by atoms with Crippen molar-refractivity contribution in [1.29, 1.82) is 0 Å². The summed E-state index contributed by atoms with van der Waals surface area (Å²) in [6.07, 6.45) is 1.09. The lowest BCUT2D eigenvalue weighted by Crippen LogP contribution is -2.15. The SMILES string of the molecule is CCC(C)(C)c1ccc(C(Cl)c2c(Cl)cccc2Cl)cc1. The summed E-state index contributed by atoms with van der Waals surface area (Å²) in [6.45, 7) is 6.68. The second kappa shape index (κ2) is 6.60. The molecule has 0 aliphatic rings. The van der Waals surface area contributed by atoms with Crippen molar-refractivity contribution in [3.8, 4) is 0 Å². The van der Waals surface area contributed by atoms with Crippen LogP contribution in [0, 0.1) is 0 Å². The van der Waals surface area contributed by atoms with Crippen LogP contribution in [0.25, 0.3) is 0 Å². The maximum Gasteiger partial charge on any atom is 0.0864 e. The molecule has 0 N–H and O–H groups in total. The van der Waals surface area contributed by atoms with E-state index >= 15 is 0 Å². The van der Waals surface area contributed by atoms with Crippen LogP contribution in [-0.2, 0) is 5.41 Å². The molecule has 21 heavy (non-hydrogen) atoms. The van der Waals surface area contributed by atoms with E-state index in [4.69, 9.17) is 34.8 Å². The second-order valence-corrected chi connectivity index (χ2v) is 7.11. The van der Waals surface area contributed by atoms with Crippen molar-refractivity contribution in [3.63, 3.8) is 0 Å². The Morgan fingerprint density at radius 3 is 1.95 bits per heavy atom. The molecule has 2 aromatic rings. The lowest BCUT2D eigenvalue weighted by atomic mass is 9.82. The Morgan fingerprint density at radius 2 is 1.48 bits per heavy atom. The van der Waals surface area contributed by atoms with Crippen LogP contribution in [0.5, 0.6) is 0 Å². The molecule has 0 amide bonds. The molecule has 0 bridgehead atoms. The minimum atomic E-state index is -0.343. The van der Waals surface area contributed by atoms with E-state index in [9.17, 15) is 0 Å². The first kappa shape index (κ1) is 16.7. The Bertz CT molecular complexity index is 595. The number of alkyl halides is 1. The molecule has 0 fully saturated rings. The Labute approximate surface area is 142 Å². The summed E-state index contributed by atoms with van der Waals surface area (Å²) in [7, 11) is 0. The van der Waals surface area contributed by atoms with Gasteiger partial charge in [-0.3, -0.25) is 0 Å². The van der Waals surface area contributed by atoms with E-state index in [1.807, 2.05) is 18.2 Å². The molecule has 3 heteroatoms. The van der Waals surface area contributed by atoms with E-state index in [-0.39, 0.29) is 10.8 Å². The lowest BCUT2D eigenvalue weighted by Gasteiger charge is -2.24. The molecule has 0 aliphatic carbocycles. The molecule has 0 aliphatic heterocycles. The Morgan fingerprint density at radius 1 is 0.952 bits per heavy atom. The second-order valence-electron chi connectivity index (χ2n) is 5.86. The zero-order valence-electron chi connectivity index (χ0n) is 12.5. The molecule has 0 aromatic heterocycles. The van der Waals surface area contributed by atoms with Crippen molar-refractivity contribution in [3.05, 3.63) is 69.2 Å².